The van der Waals surface area contributed by atoms with Crippen LogP contribution in [0.5, 0.6) is 0 Å². The van der Waals surface area contributed by atoms with Gasteiger partial charge < -0.3 is 9.80 Å². The van der Waals surface area contributed by atoms with Crippen LogP contribution in [0.4, 0.5) is 10.1 Å². The standard InChI is InChI=1S/C19H29FN2/c1-5-18(2,3)15-6-7-17(16(20)12-15)22-11-9-19(14-22)8-10-21(4)13-19/h6-7,12H,5,8-11,13-14H2,1-4H3. The van der Waals surface area contributed by atoms with Crippen molar-refractivity contribution in [3.05, 3.63) is 29.6 Å². The summed E-state index contributed by atoms with van der Waals surface area (Å²) in [4.78, 5) is 4.67. The zero-order valence-electron chi connectivity index (χ0n) is 14.5. The normalized spacial score (nSPS) is 26.3. The molecule has 2 heterocycles. The summed E-state index contributed by atoms with van der Waals surface area (Å²) in [6.45, 7) is 10.9. The lowest BCUT2D eigenvalue weighted by molar-refractivity contribution is 0.312. The van der Waals surface area contributed by atoms with Gasteiger partial charge in [-0.25, -0.2) is 4.39 Å². The molecule has 3 rings (SSSR count). The van der Waals surface area contributed by atoms with Crippen molar-refractivity contribution in [2.45, 2.75) is 45.4 Å². The Hall–Kier alpha value is -1.09. The second-order valence-corrected chi connectivity index (χ2v) is 8.06. The maximum atomic E-state index is 14.7. The van der Waals surface area contributed by atoms with Crippen molar-refractivity contribution in [1.82, 2.24) is 4.90 Å². The number of hydrogen-bond acceptors (Lipinski definition) is 2. The van der Waals surface area contributed by atoms with Gasteiger partial charge in [-0.05, 0) is 56.0 Å². The molecule has 2 saturated heterocycles. The van der Waals surface area contributed by atoms with Crippen molar-refractivity contribution in [2.75, 3.05) is 38.1 Å². The van der Waals surface area contributed by atoms with Crippen molar-refractivity contribution in [3.8, 4) is 0 Å². The average Bonchev–Trinajstić information content (AvgIpc) is 3.05. The van der Waals surface area contributed by atoms with Gasteiger partial charge in [0, 0.05) is 25.0 Å². The predicted molar refractivity (Wildman–Crippen MR) is 91.1 cm³/mol. The van der Waals surface area contributed by atoms with E-state index in [2.05, 4.69) is 43.7 Å². The molecule has 2 aliphatic heterocycles. The highest BCUT2D eigenvalue weighted by Gasteiger charge is 2.42. The van der Waals surface area contributed by atoms with E-state index in [1.54, 1.807) is 6.07 Å². The zero-order valence-corrected chi connectivity index (χ0v) is 14.5. The van der Waals surface area contributed by atoms with E-state index in [0.717, 1.165) is 37.3 Å². The highest BCUT2D eigenvalue weighted by Crippen LogP contribution is 2.41. The summed E-state index contributed by atoms with van der Waals surface area (Å²) in [5.74, 6) is -0.0533. The Morgan fingerprint density at radius 2 is 1.91 bits per heavy atom. The Morgan fingerprint density at radius 3 is 2.50 bits per heavy atom. The number of hydrogen-bond donors (Lipinski definition) is 0. The molecule has 0 saturated carbocycles. The molecule has 0 aliphatic carbocycles. The highest BCUT2D eigenvalue weighted by molar-refractivity contribution is 5.51. The fourth-order valence-corrected chi connectivity index (χ4v) is 4.02. The van der Waals surface area contributed by atoms with Crippen molar-refractivity contribution >= 4 is 5.69 Å². The number of nitrogens with zero attached hydrogens (tertiary/aromatic N) is 2. The molecule has 1 aromatic carbocycles. The van der Waals surface area contributed by atoms with Gasteiger partial charge in [0.2, 0.25) is 0 Å². The Kier molecular flexibility index (Phi) is 3.96. The minimum Gasteiger partial charge on any atom is -0.369 e. The minimum atomic E-state index is -0.0533. The molecule has 0 N–H and O–H groups in total. The third-order valence-corrected chi connectivity index (χ3v) is 6.02. The Morgan fingerprint density at radius 1 is 1.18 bits per heavy atom. The highest BCUT2D eigenvalue weighted by atomic mass is 19.1. The Bertz CT molecular complexity index is 554. The van der Waals surface area contributed by atoms with Crippen LogP contribution in [0.15, 0.2) is 18.2 Å². The molecule has 0 amide bonds. The smallest absolute Gasteiger partial charge is 0.146 e. The maximum absolute atomic E-state index is 14.7. The first-order valence-corrected chi connectivity index (χ1v) is 8.59. The van der Waals surface area contributed by atoms with Crippen LogP contribution in [0.2, 0.25) is 0 Å². The first-order valence-electron chi connectivity index (χ1n) is 8.59. The molecular weight excluding hydrogens is 275 g/mol. The summed E-state index contributed by atoms with van der Waals surface area (Å²) < 4.78 is 14.7. The fraction of sp³-hybridized carbons (Fsp3) is 0.684. The molecule has 22 heavy (non-hydrogen) atoms. The third kappa shape index (κ3) is 2.76. The Labute approximate surface area is 134 Å². The van der Waals surface area contributed by atoms with Crippen LogP contribution in [0.1, 0.15) is 45.6 Å². The van der Waals surface area contributed by atoms with E-state index in [-0.39, 0.29) is 11.2 Å². The van der Waals surface area contributed by atoms with E-state index < -0.39 is 0 Å². The summed E-state index contributed by atoms with van der Waals surface area (Å²) in [7, 11) is 2.19. The topological polar surface area (TPSA) is 6.48 Å². The molecule has 1 atom stereocenters. The molecule has 2 fully saturated rings. The molecule has 2 aliphatic rings. The van der Waals surface area contributed by atoms with Crippen LogP contribution >= 0.6 is 0 Å². The number of benzene rings is 1. The van der Waals surface area contributed by atoms with Crippen molar-refractivity contribution in [1.29, 1.82) is 0 Å². The number of rotatable bonds is 3. The van der Waals surface area contributed by atoms with Crippen LogP contribution in [-0.2, 0) is 5.41 Å². The molecule has 122 valence electrons. The maximum Gasteiger partial charge on any atom is 0.146 e. The number of anilines is 1. The van der Waals surface area contributed by atoms with Crippen LogP contribution in [0.3, 0.4) is 0 Å². The molecule has 2 nitrogen and oxygen atoms in total. The van der Waals surface area contributed by atoms with E-state index in [1.807, 2.05) is 6.07 Å². The first kappa shape index (κ1) is 15.8. The van der Waals surface area contributed by atoms with E-state index in [9.17, 15) is 4.39 Å². The van der Waals surface area contributed by atoms with Gasteiger partial charge in [0.25, 0.3) is 0 Å². The van der Waals surface area contributed by atoms with Crippen LogP contribution in [0.25, 0.3) is 0 Å². The number of likely N-dealkylation sites (tertiary alicyclic amines) is 1. The van der Waals surface area contributed by atoms with Crippen LogP contribution in [-0.4, -0.2) is 38.1 Å². The zero-order chi connectivity index (χ0) is 16.0. The summed E-state index contributed by atoms with van der Waals surface area (Å²) in [5.41, 5.74) is 2.33. The SMILES string of the molecule is CCC(C)(C)c1ccc(N2CCC3(CCN(C)C3)C2)c(F)c1. The van der Waals surface area contributed by atoms with Crippen molar-refractivity contribution in [3.63, 3.8) is 0 Å². The first-order chi connectivity index (χ1) is 10.4. The summed E-state index contributed by atoms with van der Waals surface area (Å²) in [6.07, 6.45) is 3.46. The van der Waals surface area contributed by atoms with Gasteiger partial charge in [-0.2, -0.15) is 0 Å². The molecule has 3 heteroatoms. The third-order valence-electron chi connectivity index (χ3n) is 6.02. The van der Waals surface area contributed by atoms with E-state index in [0.29, 0.717) is 5.41 Å². The molecular formula is C19H29FN2. The van der Waals surface area contributed by atoms with Gasteiger partial charge in [0.05, 0.1) is 5.69 Å². The van der Waals surface area contributed by atoms with E-state index >= 15 is 0 Å². The molecule has 1 spiro atoms. The lowest BCUT2D eigenvalue weighted by Crippen LogP contribution is -2.30. The van der Waals surface area contributed by atoms with Gasteiger partial charge in [0.15, 0.2) is 0 Å². The molecule has 0 bridgehead atoms. The number of halogens is 1. The monoisotopic (exact) mass is 304 g/mol. The summed E-state index contributed by atoms with van der Waals surface area (Å²) in [5, 5.41) is 0. The quantitative estimate of drug-likeness (QED) is 0.831. The van der Waals surface area contributed by atoms with Crippen LogP contribution < -0.4 is 4.90 Å². The largest absolute Gasteiger partial charge is 0.369 e. The van der Waals surface area contributed by atoms with E-state index in [1.165, 1.54) is 19.4 Å². The van der Waals surface area contributed by atoms with Gasteiger partial charge >= 0.3 is 0 Å². The average molecular weight is 304 g/mol. The lowest BCUT2D eigenvalue weighted by Gasteiger charge is -2.27. The summed E-state index contributed by atoms with van der Waals surface area (Å²) in [6, 6.07) is 5.87. The molecule has 0 radical (unpaired) electrons. The predicted octanol–water partition coefficient (Wildman–Crippen LogP) is 4.05. The van der Waals surface area contributed by atoms with Gasteiger partial charge in [-0.3, -0.25) is 0 Å². The molecule has 1 aromatic rings. The van der Waals surface area contributed by atoms with Gasteiger partial charge in [-0.15, -0.1) is 0 Å². The lowest BCUT2D eigenvalue weighted by atomic mass is 9.82. The minimum absolute atomic E-state index is 0.0414. The van der Waals surface area contributed by atoms with Crippen molar-refractivity contribution in [2.24, 2.45) is 5.41 Å². The second kappa shape index (κ2) is 5.52. The molecule has 0 aromatic heterocycles. The second-order valence-electron chi connectivity index (χ2n) is 8.06. The summed E-state index contributed by atoms with van der Waals surface area (Å²) >= 11 is 0. The Balaban J connectivity index is 1.79. The fourth-order valence-electron chi connectivity index (χ4n) is 4.02. The van der Waals surface area contributed by atoms with Gasteiger partial charge in [0.1, 0.15) is 5.82 Å². The molecule has 1 unspecified atom stereocenters. The van der Waals surface area contributed by atoms with Gasteiger partial charge in [-0.1, -0.05) is 26.8 Å². The van der Waals surface area contributed by atoms with Crippen molar-refractivity contribution < 1.29 is 4.39 Å². The van der Waals surface area contributed by atoms with E-state index in [4.69, 9.17) is 0 Å². The van der Waals surface area contributed by atoms with Crippen LogP contribution in [0, 0.1) is 11.2 Å².